The highest BCUT2D eigenvalue weighted by molar-refractivity contribution is 6.32. The molecule has 0 bridgehead atoms. The normalized spacial score (nSPS) is 14.4. The monoisotopic (exact) mass is 316 g/mol. The van der Waals surface area contributed by atoms with Gasteiger partial charge in [0, 0.05) is 5.56 Å². The van der Waals surface area contributed by atoms with Gasteiger partial charge in [-0.2, -0.15) is 9.61 Å². The Morgan fingerprint density at radius 3 is 3.09 bits per heavy atom. The predicted octanol–water partition coefficient (Wildman–Crippen LogP) is 0.766. The van der Waals surface area contributed by atoms with Crippen LogP contribution in [0.3, 0.4) is 0 Å². The Bertz CT molecular complexity index is 1060. The number of imidazole rings is 1. The van der Waals surface area contributed by atoms with Crippen molar-refractivity contribution in [2.45, 2.75) is 12.8 Å². The third-order valence-electron chi connectivity index (χ3n) is 3.63. The van der Waals surface area contributed by atoms with Crippen molar-refractivity contribution in [1.29, 1.82) is 0 Å². The summed E-state index contributed by atoms with van der Waals surface area (Å²) in [6.07, 6.45) is 5.03. The van der Waals surface area contributed by atoms with Gasteiger partial charge in [0.05, 0.1) is 16.1 Å². The number of H-pyrrole nitrogens is 1. The lowest BCUT2D eigenvalue weighted by atomic mass is 10.2. The van der Waals surface area contributed by atoms with E-state index in [-0.39, 0.29) is 21.5 Å². The van der Waals surface area contributed by atoms with Gasteiger partial charge >= 0.3 is 0 Å². The van der Waals surface area contributed by atoms with Crippen LogP contribution in [0.5, 0.6) is 0 Å². The van der Waals surface area contributed by atoms with E-state index in [4.69, 9.17) is 11.6 Å². The van der Waals surface area contributed by atoms with Gasteiger partial charge in [-0.15, -0.1) is 0 Å². The standard InChI is InChI=1S/C15H10ClFN4O/c16-9-3-1-4-10(17)8(9)7-13-14(22)19-15-18-11-5-2-6-12(11)20-21(13)15/h1,3-5,7H,2,6H2,(H,18,19,22)/b13-7-. The van der Waals surface area contributed by atoms with Gasteiger partial charge < -0.3 is 0 Å². The first-order chi connectivity index (χ1) is 10.6. The molecular formula is C15H10ClFN4O. The molecule has 5 nitrogen and oxygen atoms in total. The third kappa shape index (κ3) is 1.95. The second kappa shape index (κ2) is 4.78. The summed E-state index contributed by atoms with van der Waals surface area (Å²) in [5.41, 5.74) is 0.595. The lowest BCUT2D eigenvalue weighted by Crippen LogP contribution is -2.29. The van der Waals surface area contributed by atoms with Crippen LogP contribution in [0.15, 0.2) is 23.0 Å². The quantitative estimate of drug-likeness (QED) is 0.721. The minimum absolute atomic E-state index is 0.156. The fourth-order valence-corrected chi connectivity index (χ4v) is 2.77. The molecule has 7 heteroatoms. The molecule has 0 aliphatic heterocycles. The van der Waals surface area contributed by atoms with E-state index in [0.717, 1.165) is 23.9 Å². The molecule has 2 heterocycles. The molecule has 0 unspecified atom stereocenters. The second-order valence-corrected chi connectivity index (χ2v) is 5.45. The molecule has 1 N–H and O–H groups in total. The zero-order valence-electron chi connectivity index (χ0n) is 11.3. The molecule has 0 amide bonds. The van der Waals surface area contributed by atoms with Gasteiger partial charge in [-0.3, -0.25) is 9.78 Å². The molecule has 2 aromatic heterocycles. The van der Waals surface area contributed by atoms with Crippen LogP contribution in [0.4, 0.5) is 4.39 Å². The maximum absolute atomic E-state index is 13.9. The van der Waals surface area contributed by atoms with E-state index in [0.29, 0.717) is 5.78 Å². The van der Waals surface area contributed by atoms with Gasteiger partial charge in [-0.1, -0.05) is 23.7 Å². The Hall–Kier alpha value is -2.47. The van der Waals surface area contributed by atoms with Crippen LogP contribution in [0.2, 0.25) is 5.02 Å². The summed E-state index contributed by atoms with van der Waals surface area (Å²) < 4.78 is 15.3. The van der Waals surface area contributed by atoms with E-state index in [2.05, 4.69) is 15.1 Å². The van der Waals surface area contributed by atoms with Crippen LogP contribution in [-0.2, 0) is 6.42 Å². The first-order valence-corrected chi connectivity index (χ1v) is 7.15. The number of hydrogen-bond donors (Lipinski definition) is 1. The van der Waals surface area contributed by atoms with Crippen LogP contribution < -0.4 is 16.3 Å². The molecule has 0 atom stereocenters. The Morgan fingerprint density at radius 1 is 1.41 bits per heavy atom. The van der Waals surface area contributed by atoms with Crippen LogP contribution in [0, 0.1) is 5.82 Å². The first-order valence-electron chi connectivity index (χ1n) is 6.77. The highest BCUT2D eigenvalue weighted by atomic mass is 35.5. The number of hydrogen-bond acceptors (Lipinski definition) is 3. The fourth-order valence-electron chi connectivity index (χ4n) is 2.56. The number of nitrogens with one attached hydrogen (secondary N) is 1. The lowest BCUT2D eigenvalue weighted by Gasteiger charge is -1.99. The average Bonchev–Trinajstić information content (AvgIpc) is 3.04. The molecule has 1 aliphatic carbocycles. The number of aromatic nitrogens is 4. The fraction of sp³-hybridized carbons (Fsp3) is 0.133. The molecule has 0 spiro atoms. The molecule has 22 heavy (non-hydrogen) atoms. The largest absolute Gasteiger partial charge is 0.289 e. The summed E-state index contributed by atoms with van der Waals surface area (Å²) in [5.74, 6) is -0.162. The molecule has 4 rings (SSSR count). The average molecular weight is 317 g/mol. The van der Waals surface area contributed by atoms with Crippen molar-refractivity contribution in [3.8, 4) is 0 Å². The van der Waals surface area contributed by atoms with Crippen LogP contribution in [0.1, 0.15) is 17.7 Å². The van der Waals surface area contributed by atoms with E-state index in [1.165, 1.54) is 22.7 Å². The van der Waals surface area contributed by atoms with E-state index in [9.17, 15) is 9.18 Å². The molecule has 0 saturated carbocycles. The summed E-state index contributed by atoms with van der Waals surface area (Å²) in [4.78, 5) is 19.1. The second-order valence-electron chi connectivity index (χ2n) is 5.04. The van der Waals surface area contributed by atoms with Crippen molar-refractivity contribution >= 4 is 29.5 Å². The van der Waals surface area contributed by atoms with Crippen LogP contribution in [0.25, 0.3) is 17.9 Å². The van der Waals surface area contributed by atoms with Gasteiger partial charge in [0.15, 0.2) is 0 Å². The molecule has 0 fully saturated rings. The number of benzene rings is 1. The van der Waals surface area contributed by atoms with Gasteiger partial charge in [-0.05, 0) is 31.1 Å². The minimum Gasteiger partial charge on any atom is -0.289 e. The topological polar surface area (TPSA) is 63.0 Å². The number of rotatable bonds is 1. The van der Waals surface area contributed by atoms with Crippen molar-refractivity contribution in [2.24, 2.45) is 0 Å². The Balaban J connectivity index is 2.08. The molecule has 3 aromatic rings. The van der Waals surface area contributed by atoms with Crippen LogP contribution >= 0.6 is 11.6 Å². The predicted molar refractivity (Wildman–Crippen MR) is 80.6 cm³/mol. The smallest absolute Gasteiger partial charge is 0.276 e. The van der Waals surface area contributed by atoms with E-state index in [1.807, 2.05) is 6.08 Å². The van der Waals surface area contributed by atoms with E-state index in [1.54, 1.807) is 6.07 Å². The van der Waals surface area contributed by atoms with Crippen molar-refractivity contribution in [1.82, 2.24) is 19.6 Å². The summed E-state index contributed by atoms with van der Waals surface area (Å²) in [5, 5.41) is 5.65. The van der Waals surface area contributed by atoms with Crippen molar-refractivity contribution in [3.63, 3.8) is 0 Å². The number of fused-ring (bicyclic) bond motifs is 2. The van der Waals surface area contributed by atoms with Gasteiger partial charge in [0.1, 0.15) is 11.2 Å². The van der Waals surface area contributed by atoms with Gasteiger partial charge in [0.25, 0.3) is 5.56 Å². The summed E-state index contributed by atoms with van der Waals surface area (Å²) in [6, 6.07) is 4.37. The SMILES string of the molecule is O=c1[nH]c2nc3c(nn2/c1=C\c1c(F)cccc1Cl)CCC=3. The third-order valence-corrected chi connectivity index (χ3v) is 3.96. The molecule has 0 radical (unpaired) electrons. The zero-order valence-corrected chi connectivity index (χ0v) is 12.1. The Labute approximate surface area is 128 Å². The molecule has 110 valence electrons. The molecule has 0 saturated heterocycles. The lowest BCUT2D eigenvalue weighted by molar-refractivity contribution is 0.625. The molecule has 1 aliphatic rings. The molecular weight excluding hydrogens is 307 g/mol. The zero-order chi connectivity index (χ0) is 15.3. The summed E-state index contributed by atoms with van der Waals surface area (Å²) in [7, 11) is 0. The number of halogens is 2. The van der Waals surface area contributed by atoms with Crippen LogP contribution in [-0.4, -0.2) is 19.6 Å². The highest BCUT2D eigenvalue weighted by Gasteiger charge is 2.12. The first kappa shape index (κ1) is 13.2. The number of aromatic amines is 1. The summed E-state index contributed by atoms with van der Waals surface area (Å²) >= 11 is 6.01. The highest BCUT2D eigenvalue weighted by Crippen LogP contribution is 2.19. The van der Waals surface area contributed by atoms with Crippen molar-refractivity contribution in [3.05, 3.63) is 61.3 Å². The van der Waals surface area contributed by atoms with Gasteiger partial charge in [-0.25, -0.2) is 9.37 Å². The van der Waals surface area contributed by atoms with E-state index < -0.39 is 5.82 Å². The molecule has 1 aromatic carbocycles. The van der Waals surface area contributed by atoms with Crippen molar-refractivity contribution < 1.29 is 4.39 Å². The summed E-state index contributed by atoms with van der Waals surface area (Å²) in [6.45, 7) is 0. The minimum atomic E-state index is -0.496. The van der Waals surface area contributed by atoms with Gasteiger partial charge in [0.2, 0.25) is 5.78 Å². The number of nitrogens with zero attached hydrogens (tertiary/aromatic N) is 3. The maximum Gasteiger partial charge on any atom is 0.276 e. The van der Waals surface area contributed by atoms with E-state index >= 15 is 0 Å². The maximum atomic E-state index is 13.9. The number of aryl methyl sites for hydroxylation is 1. The Kier molecular flexibility index (Phi) is 2.87. The van der Waals surface area contributed by atoms with Crippen molar-refractivity contribution in [2.75, 3.05) is 0 Å². The Morgan fingerprint density at radius 2 is 2.27 bits per heavy atom.